The fourth-order valence-corrected chi connectivity index (χ4v) is 4.14. The first-order valence-electron chi connectivity index (χ1n) is 8.96. The smallest absolute Gasteiger partial charge is 0.251 e. The van der Waals surface area contributed by atoms with Crippen LogP contribution in [0, 0.1) is 11.8 Å². The van der Waals surface area contributed by atoms with Gasteiger partial charge in [-0.2, -0.15) is 0 Å². The molecule has 0 saturated heterocycles. The molecule has 2 N–H and O–H groups in total. The maximum absolute atomic E-state index is 12.5. The summed E-state index contributed by atoms with van der Waals surface area (Å²) < 4.78 is 5.75. The molecule has 0 heterocycles. The molecule has 0 unspecified atom stereocenters. The third-order valence-corrected chi connectivity index (χ3v) is 5.54. The number of carbonyl (C=O) groups is 1. The highest BCUT2D eigenvalue weighted by Gasteiger charge is 2.47. The van der Waals surface area contributed by atoms with Crippen LogP contribution >= 0.6 is 0 Å². The third-order valence-electron chi connectivity index (χ3n) is 5.54. The summed E-state index contributed by atoms with van der Waals surface area (Å²) in [5.74, 6) is 1.41. The standard InChI is InChI=1S/C21H23NO3/c23-20-17-7-6-16(12-17)19(20)22-21(24)15-8-10-18(11-9-15)25-13-14-4-2-1-3-5-14/h1-5,8-11,16-17,19-20,23H,6-7,12-13H2,(H,22,24)/t16-,17+,19-,20-/m1/s1. The normalized spacial score (nSPS) is 27.2. The second-order valence-corrected chi connectivity index (χ2v) is 7.12. The molecule has 2 aromatic rings. The van der Waals surface area contributed by atoms with Gasteiger partial charge in [0.05, 0.1) is 12.1 Å². The molecule has 4 atom stereocenters. The fourth-order valence-electron chi connectivity index (χ4n) is 4.14. The number of nitrogens with one attached hydrogen (secondary N) is 1. The maximum Gasteiger partial charge on any atom is 0.251 e. The zero-order valence-electron chi connectivity index (χ0n) is 14.1. The first kappa shape index (κ1) is 16.2. The van der Waals surface area contributed by atoms with E-state index in [-0.39, 0.29) is 11.9 Å². The van der Waals surface area contributed by atoms with Crippen LogP contribution < -0.4 is 10.1 Å². The number of carbonyl (C=O) groups excluding carboxylic acids is 1. The van der Waals surface area contributed by atoms with Crippen molar-refractivity contribution in [2.75, 3.05) is 0 Å². The van der Waals surface area contributed by atoms with Crippen molar-refractivity contribution in [2.45, 2.75) is 38.0 Å². The Morgan fingerprint density at radius 2 is 1.76 bits per heavy atom. The van der Waals surface area contributed by atoms with E-state index in [1.807, 2.05) is 42.5 Å². The summed E-state index contributed by atoms with van der Waals surface area (Å²) in [7, 11) is 0. The van der Waals surface area contributed by atoms with Gasteiger partial charge >= 0.3 is 0 Å². The topological polar surface area (TPSA) is 58.6 Å². The van der Waals surface area contributed by atoms with Crippen LogP contribution in [0.2, 0.25) is 0 Å². The minimum Gasteiger partial charge on any atom is -0.489 e. The Kier molecular flexibility index (Phi) is 4.45. The highest BCUT2D eigenvalue weighted by molar-refractivity contribution is 5.94. The van der Waals surface area contributed by atoms with Crippen LogP contribution in [0.25, 0.3) is 0 Å². The molecule has 0 aliphatic heterocycles. The molecule has 4 nitrogen and oxygen atoms in total. The van der Waals surface area contributed by atoms with Crippen molar-refractivity contribution in [2.24, 2.45) is 11.8 Å². The van der Waals surface area contributed by atoms with Gasteiger partial charge in [-0.3, -0.25) is 4.79 Å². The molecule has 4 rings (SSSR count). The van der Waals surface area contributed by atoms with E-state index in [0.717, 1.165) is 30.6 Å². The van der Waals surface area contributed by atoms with E-state index in [9.17, 15) is 9.90 Å². The van der Waals surface area contributed by atoms with Crippen LogP contribution in [0.3, 0.4) is 0 Å². The van der Waals surface area contributed by atoms with Crippen molar-refractivity contribution in [3.8, 4) is 5.75 Å². The van der Waals surface area contributed by atoms with Crippen LogP contribution in [0.4, 0.5) is 0 Å². The van der Waals surface area contributed by atoms with Crippen LogP contribution in [-0.2, 0) is 6.61 Å². The van der Waals surface area contributed by atoms with Gasteiger partial charge in [0.15, 0.2) is 0 Å². The molecule has 0 aromatic heterocycles. The van der Waals surface area contributed by atoms with Gasteiger partial charge in [0.2, 0.25) is 0 Å². The van der Waals surface area contributed by atoms with Crippen molar-refractivity contribution in [1.82, 2.24) is 5.32 Å². The number of amides is 1. The summed E-state index contributed by atoms with van der Waals surface area (Å²) in [6.07, 6.45) is 2.85. The van der Waals surface area contributed by atoms with E-state index in [1.165, 1.54) is 0 Å². The second kappa shape index (κ2) is 6.89. The summed E-state index contributed by atoms with van der Waals surface area (Å²) in [5, 5.41) is 13.3. The lowest BCUT2D eigenvalue weighted by Crippen LogP contribution is -2.46. The van der Waals surface area contributed by atoms with Gasteiger partial charge in [-0.25, -0.2) is 0 Å². The Balaban J connectivity index is 1.34. The Labute approximate surface area is 147 Å². The summed E-state index contributed by atoms with van der Waals surface area (Å²) in [4.78, 5) is 12.5. The minimum absolute atomic E-state index is 0.0970. The molecule has 1 amide bonds. The van der Waals surface area contributed by atoms with Gasteiger partial charge in [-0.1, -0.05) is 30.3 Å². The Morgan fingerprint density at radius 1 is 1.04 bits per heavy atom. The molecule has 2 aliphatic carbocycles. The number of hydrogen-bond donors (Lipinski definition) is 2. The lowest BCUT2D eigenvalue weighted by Gasteiger charge is -2.28. The van der Waals surface area contributed by atoms with E-state index < -0.39 is 6.10 Å². The molecular formula is C21H23NO3. The first-order valence-corrected chi connectivity index (χ1v) is 8.96. The van der Waals surface area contributed by atoms with Crippen molar-refractivity contribution in [3.05, 3.63) is 65.7 Å². The Bertz CT molecular complexity index is 727. The number of benzene rings is 2. The maximum atomic E-state index is 12.5. The SMILES string of the molecule is O=C(N[C@@H]1[C@@H]2CC[C@@H](C2)[C@H]1O)c1ccc(OCc2ccccc2)cc1. The van der Waals surface area contributed by atoms with Crippen molar-refractivity contribution < 1.29 is 14.6 Å². The largest absolute Gasteiger partial charge is 0.489 e. The van der Waals surface area contributed by atoms with E-state index in [1.54, 1.807) is 12.1 Å². The van der Waals surface area contributed by atoms with Gasteiger partial charge in [0.25, 0.3) is 5.91 Å². The monoisotopic (exact) mass is 337 g/mol. The van der Waals surface area contributed by atoms with Crippen molar-refractivity contribution >= 4 is 5.91 Å². The molecule has 2 aromatic carbocycles. The predicted molar refractivity (Wildman–Crippen MR) is 95.3 cm³/mol. The Morgan fingerprint density at radius 3 is 2.44 bits per heavy atom. The van der Waals surface area contributed by atoms with Crippen LogP contribution in [0.1, 0.15) is 35.2 Å². The molecule has 2 aliphatic rings. The van der Waals surface area contributed by atoms with Gasteiger partial charge in [0, 0.05) is 5.56 Å². The van der Waals surface area contributed by atoms with E-state index >= 15 is 0 Å². The average Bonchev–Trinajstić information content (AvgIpc) is 3.24. The summed E-state index contributed by atoms with van der Waals surface area (Å²) in [6.45, 7) is 0.504. The Hall–Kier alpha value is -2.33. The number of fused-ring (bicyclic) bond motifs is 2. The zero-order valence-corrected chi connectivity index (χ0v) is 14.1. The summed E-state index contributed by atoms with van der Waals surface area (Å²) >= 11 is 0. The fraction of sp³-hybridized carbons (Fsp3) is 0.381. The van der Waals surface area contributed by atoms with Gasteiger partial charge in [0.1, 0.15) is 12.4 Å². The summed E-state index contributed by atoms with van der Waals surface area (Å²) in [5.41, 5.74) is 1.71. The molecule has 25 heavy (non-hydrogen) atoms. The number of hydrogen-bond acceptors (Lipinski definition) is 3. The van der Waals surface area contributed by atoms with Gasteiger partial charge < -0.3 is 15.2 Å². The lowest BCUT2D eigenvalue weighted by molar-refractivity contribution is 0.0660. The van der Waals surface area contributed by atoms with E-state index in [0.29, 0.717) is 24.0 Å². The number of ether oxygens (including phenoxy) is 1. The number of aliphatic hydroxyl groups excluding tert-OH is 1. The highest BCUT2D eigenvalue weighted by atomic mass is 16.5. The predicted octanol–water partition coefficient (Wildman–Crippen LogP) is 3.15. The highest BCUT2D eigenvalue weighted by Crippen LogP contribution is 2.44. The molecule has 0 spiro atoms. The van der Waals surface area contributed by atoms with Crippen LogP contribution in [0.15, 0.2) is 54.6 Å². The van der Waals surface area contributed by atoms with Crippen molar-refractivity contribution in [1.29, 1.82) is 0 Å². The van der Waals surface area contributed by atoms with E-state index in [2.05, 4.69) is 5.32 Å². The number of aliphatic hydroxyl groups is 1. The average molecular weight is 337 g/mol. The van der Waals surface area contributed by atoms with Crippen LogP contribution in [0.5, 0.6) is 5.75 Å². The molecule has 2 bridgehead atoms. The quantitative estimate of drug-likeness (QED) is 0.881. The lowest BCUT2D eigenvalue weighted by atomic mass is 9.92. The molecule has 2 fully saturated rings. The zero-order chi connectivity index (χ0) is 17.2. The van der Waals surface area contributed by atoms with E-state index in [4.69, 9.17) is 4.74 Å². The van der Waals surface area contributed by atoms with Gasteiger partial charge in [-0.15, -0.1) is 0 Å². The first-order chi connectivity index (χ1) is 12.2. The second-order valence-electron chi connectivity index (χ2n) is 7.12. The van der Waals surface area contributed by atoms with Crippen LogP contribution in [-0.4, -0.2) is 23.2 Å². The van der Waals surface area contributed by atoms with Gasteiger partial charge in [-0.05, 0) is 60.9 Å². The van der Waals surface area contributed by atoms with Crippen molar-refractivity contribution in [3.63, 3.8) is 0 Å². The number of rotatable bonds is 5. The third kappa shape index (κ3) is 3.40. The minimum atomic E-state index is -0.392. The summed E-state index contributed by atoms with van der Waals surface area (Å²) in [6, 6.07) is 17.1. The molecule has 2 saturated carbocycles. The molecule has 4 heteroatoms. The molecule has 0 radical (unpaired) electrons. The molecular weight excluding hydrogens is 314 g/mol. The molecule has 130 valence electrons.